The molecule has 0 amide bonds. The summed E-state index contributed by atoms with van der Waals surface area (Å²) in [5.41, 5.74) is 1.24. The number of rotatable bonds is 4. The maximum Gasteiger partial charge on any atom is 0.347 e. The van der Waals surface area contributed by atoms with Gasteiger partial charge in [0.1, 0.15) is 4.88 Å². The first kappa shape index (κ1) is 11.1. The summed E-state index contributed by atoms with van der Waals surface area (Å²) in [5, 5.41) is 14.5. The second-order valence-corrected chi connectivity index (χ2v) is 5.25. The lowest BCUT2D eigenvalue weighted by Gasteiger charge is -2.00. The van der Waals surface area contributed by atoms with E-state index in [9.17, 15) is 4.79 Å². The molecule has 0 atom stereocenters. The second-order valence-electron chi connectivity index (χ2n) is 3.22. The van der Waals surface area contributed by atoms with Gasteiger partial charge in [0, 0.05) is 4.88 Å². The lowest BCUT2D eigenvalue weighted by Crippen LogP contribution is -1.97. The van der Waals surface area contributed by atoms with Crippen LogP contribution in [0.5, 0.6) is 0 Å². The van der Waals surface area contributed by atoms with Crippen LogP contribution in [0.15, 0.2) is 17.6 Å². The van der Waals surface area contributed by atoms with Crippen LogP contribution in [0.1, 0.15) is 20.1 Å². The summed E-state index contributed by atoms with van der Waals surface area (Å²) in [6.45, 7) is 2.74. The molecular formula is C10H10N2O2S2. The number of thiazole rings is 1. The van der Waals surface area contributed by atoms with Gasteiger partial charge in [-0.15, -0.1) is 11.3 Å². The lowest BCUT2D eigenvalue weighted by atomic mass is 10.3. The van der Waals surface area contributed by atoms with Gasteiger partial charge >= 0.3 is 5.97 Å². The zero-order valence-corrected chi connectivity index (χ0v) is 10.2. The Labute approximate surface area is 101 Å². The summed E-state index contributed by atoms with van der Waals surface area (Å²) in [7, 11) is 0. The molecule has 2 N–H and O–H groups in total. The van der Waals surface area contributed by atoms with Gasteiger partial charge in [0.15, 0.2) is 5.13 Å². The smallest absolute Gasteiger partial charge is 0.347 e. The minimum Gasteiger partial charge on any atom is -0.477 e. The molecule has 0 radical (unpaired) electrons. The van der Waals surface area contributed by atoms with E-state index in [2.05, 4.69) is 23.3 Å². The van der Waals surface area contributed by atoms with Gasteiger partial charge in [-0.25, -0.2) is 9.78 Å². The fourth-order valence-corrected chi connectivity index (χ4v) is 2.69. The van der Waals surface area contributed by atoms with Gasteiger partial charge in [-0.2, -0.15) is 0 Å². The molecule has 2 heterocycles. The first-order chi connectivity index (χ1) is 7.66. The van der Waals surface area contributed by atoms with E-state index in [-0.39, 0.29) is 4.88 Å². The number of hydrogen-bond acceptors (Lipinski definition) is 5. The molecule has 84 valence electrons. The van der Waals surface area contributed by atoms with Gasteiger partial charge in [0.05, 0.1) is 12.7 Å². The van der Waals surface area contributed by atoms with E-state index >= 15 is 0 Å². The normalized spacial score (nSPS) is 10.3. The highest BCUT2D eigenvalue weighted by atomic mass is 32.1. The Morgan fingerprint density at radius 2 is 2.44 bits per heavy atom. The first-order valence-corrected chi connectivity index (χ1v) is 6.32. The number of hydrogen-bond donors (Lipinski definition) is 2. The monoisotopic (exact) mass is 254 g/mol. The van der Waals surface area contributed by atoms with E-state index in [0.717, 1.165) is 11.3 Å². The number of carboxylic acid groups (broad SMARTS) is 1. The van der Waals surface area contributed by atoms with Crippen LogP contribution in [-0.4, -0.2) is 16.1 Å². The fourth-order valence-electron chi connectivity index (χ4n) is 1.20. The Morgan fingerprint density at radius 1 is 1.62 bits per heavy atom. The SMILES string of the molecule is Cc1ccsc1CNc1ncc(C(=O)O)s1. The molecule has 0 aliphatic heterocycles. The molecule has 2 aromatic rings. The number of thiophene rings is 1. The van der Waals surface area contributed by atoms with Crippen molar-refractivity contribution in [3.05, 3.63) is 33.0 Å². The van der Waals surface area contributed by atoms with Gasteiger partial charge in [-0.05, 0) is 23.9 Å². The van der Waals surface area contributed by atoms with Crippen molar-refractivity contribution in [3.63, 3.8) is 0 Å². The molecule has 0 saturated heterocycles. The van der Waals surface area contributed by atoms with Crippen molar-refractivity contribution in [1.29, 1.82) is 0 Å². The molecule has 2 rings (SSSR count). The summed E-state index contributed by atoms with van der Waals surface area (Å²) in [5.74, 6) is -0.933. The van der Waals surface area contributed by atoms with Crippen LogP contribution in [0.4, 0.5) is 5.13 Å². The summed E-state index contributed by atoms with van der Waals surface area (Å²) in [6.07, 6.45) is 1.37. The van der Waals surface area contributed by atoms with Gasteiger partial charge in [-0.1, -0.05) is 11.3 Å². The van der Waals surface area contributed by atoms with Crippen LogP contribution in [0.2, 0.25) is 0 Å². The van der Waals surface area contributed by atoms with Crippen LogP contribution in [0.25, 0.3) is 0 Å². The number of aromatic nitrogens is 1. The van der Waals surface area contributed by atoms with Crippen LogP contribution in [-0.2, 0) is 6.54 Å². The average Bonchev–Trinajstić information content (AvgIpc) is 2.83. The minimum atomic E-state index is -0.933. The summed E-state index contributed by atoms with van der Waals surface area (Å²) in [6, 6.07) is 2.06. The average molecular weight is 254 g/mol. The number of aromatic carboxylic acids is 1. The van der Waals surface area contributed by atoms with E-state index in [1.54, 1.807) is 11.3 Å². The lowest BCUT2D eigenvalue weighted by molar-refractivity contribution is 0.0702. The van der Waals surface area contributed by atoms with Gasteiger partial charge in [-0.3, -0.25) is 0 Å². The van der Waals surface area contributed by atoms with Crippen molar-refractivity contribution in [1.82, 2.24) is 4.98 Å². The third kappa shape index (κ3) is 2.40. The van der Waals surface area contributed by atoms with E-state index in [1.165, 1.54) is 16.6 Å². The topological polar surface area (TPSA) is 62.2 Å². The summed E-state index contributed by atoms with van der Waals surface area (Å²) < 4.78 is 0. The number of carboxylic acids is 1. The molecule has 0 saturated carbocycles. The van der Waals surface area contributed by atoms with E-state index in [4.69, 9.17) is 5.11 Å². The van der Waals surface area contributed by atoms with Crippen molar-refractivity contribution in [2.75, 3.05) is 5.32 Å². The number of anilines is 1. The Morgan fingerprint density at radius 3 is 3.00 bits per heavy atom. The molecule has 16 heavy (non-hydrogen) atoms. The highest BCUT2D eigenvalue weighted by Gasteiger charge is 2.08. The molecule has 4 nitrogen and oxygen atoms in total. The number of carbonyl (C=O) groups is 1. The Kier molecular flexibility index (Phi) is 3.21. The molecule has 0 aliphatic carbocycles. The predicted molar refractivity (Wildman–Crippen MR) is 65.5 cm³/mol. The van der Waals surface area contributed by atoms with Crippen LogP contribution in [0, 0.1) is 6.92 Å². The Balaban J connectivity index is 2.00. The maximum atomic E-state index is 10.6. The van der Waals surface area contributed by atoms with Crippen LogP contribution < -0.4 is 5.32 Å². The molecular weight excluding hydrogens is 244 g/mol. The fraction of sp³-hybridized carbons (Fsp3) is 0.200. The van der Waals surface area contributed by atoms with E-state index < -0.39 is 5.97 Å². The van der Waals surface area contributed by atoms with Crippen LogP contribution in [0.3, 0.4) is 0 Å². The molecule has 0 bridgehead atoms. The molecule has 6 heteroatoms. The molecule has 2 aromatic heterocycles. The quantitative estimate of drug-likeness (QED) is 0.880. The second kappa shape index (κ2) is 4.63. The third-order valence-corrected chi connectivity index (χ3v) is 4.05. The summed E-state index contributed by atoms with van der Waals surface area (Å²) in [4.78, 5) is 16.1. The largest absolute Gasteiger partial charge is 0.477 e. The maximum absolute atomic E-state index is 10.6. The van der Waals surface area contributed by atoms with Crippen LogP contribution >= 0.6 is 22.7 Å². The van der Waals surface area contributed by atoms with Crippen molar-refractivity contribution in [3.8, 4) is 0 Å². The predicted octanol–water partition coefficient (Wildman–Crippen LogP) is 2.82. The molecule has 0 unspecified atom stereocenters. The third-order valence-electron chi connectivity index (χ3n) is 2.08. The zero-order chi connectivity index (χ0) is 11.5. The van der Waals surface area contributed by atoms with Crippen molar-refractivity contribution >= 4 is 33.8 Å². The number of aryl methyl sites for hydroxylation is 1. The zero-order valence-electron chi connectivity index (χ0n) is 8.56. The van der Waals surface area contributed by atoms with E-state index in [0.29, 0.717) is 11.7 Å². The Bertz CT molecular complexity index is 504. The summed E-state index contributed by atoms with van der Waals surface area (Å²) >= 11 is 2.83. The number of nitrogens with one attached hydrogen (secondary N) is 1. The van der Waals surface area contributed by atoms with Crippen molar-refractivity contribution in [2.45, 2.75) is 13.5 Å². The molecule has 0 spiro atoms. The highest BCUT2D eigenvalue weighted by molar-refractivity contribution is 7.17. The molecule has 0 fully saturated rings. The van der Waals surface area contributed by atoms with E-state index in [1.807, 2.05) is 5.38 Å². The molecule has 0 aromatic carbocycles. The standard InChI is InChI=1S/C10H10N2O2S2/c1-6-2-3-15-7(6)4-11-10-12-5-8(16-10)9(13)14/h2-3,5H,4H2,1H3,(H,11,12)(H,13,14). The minimum absolute atomic E-state index is 0.255. The number of nitrogens with zero attached hydrogens (tertiary/aromatic N) is 1. The van der Waals surface area contributed by atoms with Gasteiger partial charge in [0.2, 0.25) is 0 Å². The Hall–Kier alpha value is -1.40. The van der Waals surface area contributed by atoms with Crippen molar-refractivity contribution in [2.24, 2.45) is 0 Å². The van der Waals surface area contributed by atoms with Gasteiger partial charge < -0.3 is 10.4 Å². The highest BCUT2D eigenvalue weighted by Crippen LogP contribution is 2.21. The van der Waals surface area contributed by atoms with Gasteiger partial charge in [0.25, 0.3) is 0 Å². The first-order valence-electron chi connectivity index (χ1n) is 4.63. The van der Waals surface area contributed by atoms with Crippen molar-refractivity contribution < 1.29 is 9.90 Å². The molecule has 0 aliphatic rings.